The first kappa shape index (κ1) is 15.9. The monoisotopic (exact) mass is 264 g/mol. The number of urea groups is 1. The minimum Gasteiger partial charge on any atom is -0.480 e. The van der Waals surface area contributed by atoms with E-state index in [2.05, 4.69) is 5.32 Å². The number of hydrogen-bond acceptors (Lipinski definition) is 3. The maximum Gasteiger partial charge on any atom is 0.326 e. The van der Waals surface area contributed by atoms with Crippen molar-refractivity contribution in [1.29, 1.82) is 0 Å². The average Bonchev–Trinajstić information content (AvgIpc) is 2.24. The average molecular weight is 264 g/mol. The highest BCUT2D eigenvalue weighted by Crippen LogP contribution is 2.02. The lowest BCUT2D eigenvalue weighted by molar-refractivity contribution is -0.141. The van der Waals surface area contributed by atoms with E-state index in [0.717, 1.165) is 0 Å². The summed E-state index contributed by atoms with van der Waals surface area (Å²) < 4.78 is 10.8. The number of carbonyl (C=O) groups excluding carboxylic acids is 1. The first-order valence-electron chi connectivity index (χ1n) is 5.43. The fourth-order valence-electron chi connectivity index (χ4n) is 1.35. The molecule has 0 aromatic heterocycles. The van der Waals surface area contributed by atoms with Crippen LogP contribution in [0.25, 0.3) is 0 Å². The molecule has 0 bridgehead atoms. The summed E-state index contributed by atoms with van der Waals surface area (Å²) in [4.78, 5) is 23.6. The van der Waals surface area contributed by atoms with E-state index >= 15 is 0 Å². The maximum absolute atomic E-state index is 11.6. The maximum atomic E-state index is 11.6. The van der Waals surface area contributed by atoms with Crippen molar-refractivity contribution in [3.8, 4) is 0 Å². The summed E-state index contributed by atoms with van der Waals surface area (Å²) in [6.07, 6.45) is 2.58. The number of nitrogens with one attached hydrogen (secondary N) is 1. The van der Waals surface area contributed by atoms with Gasteiger partial charge in [0.15, 0.2) is 0 Å². The van der Waals surface area contributed by atoms with E-state index in [4.69, 9.17) is 5.11 Å². The fraction of sp³-hybridized carbons (Fsp3) is 0.800. The smallest absolute Gasteiger partial charge is 0.326 e. The molecular weight excluding hydrogens is 244 g/mol. The Morgan fingerprint density at radius 3 is 2.47 bits per heavy atom. The lowest BCUT2D eigenvalue weighted by atomic mass is 10.2. The Bertz CT molecular complexity index is 296. The van der Waals surface area contributed by atoms with Crippen LogP contribution < -0.4 is 5.32 Å². The topological polar surface area (TPSA) is 86.7 Å². The van der Waals surface area contributed by atoms with Crippen LogP contribution in [0.2, 0.25) is 0 Å². The highest BCUT2D eigenvalue weighted by Gasteiger charge is 2.24. The summed E-state index contributed by atoms with van der Waals surface area (Å²) >= 11 is 0. The molecule has 0 aliphatic carbocycles. The van der Waals surface area contributed by atoms with Crippen LogP contribution in [0.3, 0.4) is 0 Å². The Morgan fingerprint density at radius 1 is 1.47 bits per heavy atom. The molecule has 0 aliphatic heterocycles. The third kappa shape index (κ3) is 6.25. The number of likely N-dealkylation sites (N-methyl/N-ethyl adjacent to an activating group) is 1. The third-order valence-electron chi connectivity index (χ3n) is 2.34. The van der Waals surface area contributed by atoms with Gasteiger partial charge in [-0.05, 0) is 12.8 Å². The molecule has 100 valence electrons. The molecule has 2 N–H and O–H groups in total. The Morgan fingerprint density at radius 2 is 2.06 bits per heavy atom. The summed E-state index contributed by atoms with van der Waals surface area (Å²) in [5, 5.41) is 11.5. The highest BCUT2D eigenvalue weighted by molar-refractivity contribution is 7.84. The second kappa shape index (κ2) is 8.05. The van der Waals surface area contributed by atoms with Crippen molar-refractivity contribution in [2.75, 3.05) is 25.6 Å². The van der Waals surface area contributed by atoms with Crippen LogP contribution in [-0.4, -0.2) is 57.9 Å². The minimum atomic E-state index is -1.01. The zero-order valence-corrected chi connectivity index (χ0v) is 11.2. The molecule has 0 fully saturated rings. The Kier molecular flexibility index (Phi) is 7.53. The Labute approximate surface area is 104 Å². The molecule has 6 nitrogen and oxygen atoms in total. The minimum absolute atomic E-state index is 0.359. The predicted octanol–water partition coefficient (Wildman–Crippen LogP) is 0.260. The molecule has 0 heterocycles. The first-order chi connectivity index (χ1) is 7.90. The van der Waals surface area contributed by atoms with Crippen molar-refractivity contribution in [3.63, 3.8) is 0 Å². The molecule has 17 heavy (non-hydrogen) atoms. The van der Waals surface area contributed by atoms with E-state index in [1.807, 2.05) is 0 Å². The van der Waals surface area contributed by atoms with Gasteiger partial charge in [-0.15, -0.1) is 0 Å². The molecule has 2 atom stereocenters. The van der Waals surface area contributed by atoms with Gasteiger partial charge in [0.1, 0.15) is 6.04 Å². The van der Waals surface area contributed by atoms with Crippen molar-refractivity contribution in [2.45, 2.75) is 25.8 Å². The zero-order chi connectivity index (χ0) is 13.4. The van der Waals surface area contributed by atoms with E-state index < -0.39 is 28.8 Å². The van der Waals surface area contributed by atoms with Gasteiger partial charge in [-0.1, -0.05) is 6.92 Å². The Hall–Kier alpha value is -1.11. The molecule has 0 aliphatic rings. The molecule has 0 radical (unpaired) electrons. The number of carboxylic acid groups (broad SMARTS) is 1. The highest BCUT2D eigenvalue weighted by atomic mass is 32.2. The summed E-state index contributed by atoms with van der Waals surface area (Å²) in [5.74, 6) is -0.486. The van der Waals surface area contributed by atoms with E-state index in [9.17, 15) is 13.8 Å². The van der Waals surface area contributed by atoms with Crippen LogP contribution in [0.1, 0.15) is 19.8 Å². The van der Waals surface area contributed by atoms with Crippen LogP contribution in [0.4, 0.5) is 4.79 Å². The number of nitrogens with zero attached hydrogens (tertiary/aromatic N) is 1. The van der Waals surface area contributed by atoms with E-state index in [1.54, 1.807) is 13.2 Å². The lowest BCUT2D eigenvalue weighted by Gasteiger charge is -2.23. The molecule has 2 amide bonds. The summed E-state index contributed by atoms with van der Waals surface area (Å²) in [5.41, 5.74) is 0. The zero-order valence-electron chi connectivity index (χ0n) is 10.4. The van der Waals surface area contributed by atoms with E-state index in [1.165, 1.54) is 11.9 Å². The predicted molar refractivity (Wildman–Crippen MR) is 66.4 cm³/mol. The molecule has 0 saturated carbocycles. The van der Waals surface area contributed by atoms with Gasteiger partial charge >= 0.3 is 12.0 Å². The number of hydrogen-bond donors (Lipinski definition) is 2. The van der Waals surface area contributed by atoms with Crippen molar-refractivity contribution in [1.82, 2.24) is 10.2 Å². The van der Waals surface area contributed by atoms with Crippen LogP contribution in [0.5, 0.6) is 0 Å². The third-order valence-corrected chi connectivity index (χ3v) is 3.21. The molecule has 0 rings (SSSR count). The number of rotatable bonds is 7. The number of carboxylic acids is 1. The largest absolute Gasteiger partial charge is 0.480 e. The standard InChI is InChI=1S/C10H20N2O4S/c1-4-8(9(13)14)12(2)10(15)11-6-5-7-17(3)16/h8H,4-7H2,1-3H3,(H,11,15)(H,13,14). The summed E-state index contributed by atoms with van der Waals surface area (Å²) in [6.45, 7) is 2.11. The molecule has 0 aromatic rings. The molecule has 0 aromatic carbocycles. The molecular formula is C10H20N2O4S. The summed E-state index contributed by atoms with van der Waals surface area (Å²) in [6, 6.07) is -1.23. The SMILES string of the molecule is CCC(C(=O)O)N(C)C(=O)NCCCS(C)=O. The van der Waals surface area contributed by atoms with Gasteiger partial charge in [-0.2, -0.15) is 0 Å². The second-order valence-corrected chi connectivity index (χ2v) is 5.29. The molecule has 2 unspecified atom stereocenters. The van der Waals surface area contributed by atoms with Gasteiger partial charge in [-0.3, -0.25) is 4.21 Å². The second-order valence-electron chi connectivity index (χ2n) is 3.74. The van der Waals surface area contributed by atoms with Crippen molar-refractivity contribution in [2.24, 2.45) is 0 Å². The number of aliphatic carboxylic acids is 1. The molecule has 0 saturated heterocycles. The van der Waals surface area contributed by atoms with Gasteiger partial charge in [-0.25, -0.2) is 9.59 Å². The van der Waals surface area contributed by atoms with Crippen molar-refractivity contribution in [3.05, 3.63) is 0 Å². The van der Waals surface area contributed by atoms with Crippen molar-refractivity contribution >= 4 is 22.8 Å². The van der Waals surface area contributed by atoms with E-state index in [-0.39, 0.29) is 0 Å². The van der Waals surface area contributed by atoms with Crippen LogP contribution >= 0.6 is 0 Å². The fourth-order valence-corrected chi connectivity index (χ4v) is 1.90. The molecule has 0 spiro atoms. The van der Waals surface area contributed by atoms with Gasteiger partial charge in [0.2, 0.25) is 0 Å². The van der Waals surface area contributed by atoms with Crippen LogP contribution in [-0.2, 0) is 15.6 Å². The van der Waals surface area contributed by atoms with Gasteiger partial charge in [0, 0.05) is 36.4 Å². The van der Waals surface area contributed by atoms with Gasteiger partial charge in [0.25, 0.3) is 0 Å². The van der Waals surface area contributed by atoms with Gasteiger partial charge in [0.05, 0.1) is 0 Å². The number of carbonyl (C=O) groups is 2. The normalized spacial score (nSPS) is 13.8. The van der Waals surface area contributed by atoms with E-state index in [0.29, 0.717) is 25.1 Å². The van der Waals surface area contributed by atoms with Crippen LogP contribution in [0, 0.1) is 0 Å². The molecule has 7 heteroatoms. The first-order valence-corrected chi connectivity index (χ1v) is 7.16. The lowest BCUT2D eigenvalue weighted by Crippen LogP contribution is -2.47. The van der Waals surface area contributed by atoms with Gasteiger partial charge < -0.3 is 15.3 Å². The summed E-state index contributed by atoms with van der Waals surface area (Å²) in [7, 11) is 0.586. The number of amides is 2. The van der Waals surface area contributed by atoms with Crippen molar-refractivity contribution < 1.29 is 18.9 Å². The Balaban J connectivity index is 4.04. The quantitative estimate of drug-likeness (QED) is 0.646. The van der Waals surface area contributed by atoms with Crippen LogP contribution in [0.15, 0.2) is 0 Å².